The van der Waals surface area contributed by atoms with Crippen molar-refractivity contribution in [3.8, 4) is 5.75 Å². The van der Waals surface area contributed by atoms with Crippen molar-refractivity contribution in [1.29, 1.82) is 0 Å². The van der Waals surface area contributed by atoms with E-state index in [2.05, 4.69) is 0 Å². The first-order valence-electron chi connectivity index (χ1n) is 7.78. The molecule has 0 saturated heterocycles. The normalized spacial score (nSPS) is 10.4. The van der Waals surface area contributed by atoms with Gasteiger partial charge in [-0.25, -0.2) is 4.39 Å². The third kappa shape index (κ3) is 4.55. The fourth-order valence-electron chi connectivity index (χ4n) is 2.52. The minimum Gasteiger partial charge on any atom is -0.496 e. The Kier molecular flexibility index (Phi) is 6.15. The van der Waals surface area contributed by atoms with E-state index >= 15 is 0 Å². The largest absolute Gasteiger partial charge is 0.496 e. The van der Waals surface area contributed by atoms with Crippen molar-refractivity contribution < 1.29 is 13.9 Å². The van der Waals surface area contributed by atoms with Gasteiger partial charge in [0.15, 0.2) is 0 Å². The van der Waals surface area contributed by atoms with E-state index in [0.29, 0.717) is 18.7 Å². The number of halogens is 1. The lowest BCUT2D eigenvalue weighted by atomic mass is 10.1. The van der Waals surface area contributed by atoms with Gasteiger partial charge in [0.2, 0.25) is 5.91 Å². The summed E-state index contributed by atoms with van der Waals surface area (Å²) in [4.78, 5) is 14.3. The van der Waals surface area contributed by atoms with E-state index in [9.17, 15) is 9.18 Å². The third-order valence-electron chi connectivity index (χ3n) is 3.70. The molecule has 4 heteroatoms. The highest BCUT2D eigenvalue weighted by Gasteiger charge is 2.17. The lowest BCUT2D eigenvalue weighted by molar-refractivity contribution is -0.131. The Morgan fingerprint density at radius 1 is 1.09 bits per heavy atom. The minimum atomic E-state index is -0.338. The van der Waals surface area contributed by atoms with Gasteiger partial charge in [-0.2, -0.15) is 0 Å². The first-order valence-corrected chi connectivity index (χ1v) is 7.78. The predicted octanol–water partition coefficient (Wildman–Crippen LogP) is 3.82. The van der Waals surface area contributed by atoms with Crippen LogP contribution in [-0.4, -0.2) is 24.5 Å². The molecule has 122 valence electrons. The lowest BCUT2D eigenvalue weighted by Crippen LogP contribution is -2.32. The fraction of sp³-hybridized carbons (Fsp3) is 0.316. The molecule has 2 aromatic carbocycles. The molecule has 0 aromatic heterocycles. The summed E-state index contributed by atoms with van der Waals surface area (Å²) in [5.74, 6) is 0.338. The lowest BCUT2D eigenvalue weighted by Gasteiger charge is -2.23. The van der Waals surface area contributed by atoms with E-state index < -0.39 is 0 Å². The summed E-state index contributed by atoms with van der Waals surface area (Å²) in [6, 6.07) is 14.0. The van der Waals surface area contributed by atoms with Crippen LogP contribution in [0.3, 0.4) is 0 Å². The zero-order valence-electron chi connectivity index (χ0n) is 13.6. The van der Waals surface area contributed by atoms with Crippen molar-refractivity contribution in [2.24, 2.45) is 0 Å². The number of carbonyl (C=O) groups is 1. The zero-order chi connectivity index (χ0) is 16.7. The summed E-state index contributed by atoms with van der Waals surface area (Å²) < 4.78 is 19.1. The van der Waals surface area contributed by atoms with Crippen LogP contribution >= 0.6 is 0 Å². The molecule has 0 aliphatic heterocycles. The Bertz CT molecular complexity index is 657. The van der Waals surface area contributed by atoms with Crippen LogP contribution in [-0.2, 0) is 17.8 Å². The van der Waals surface area contributed by atoms with Gasteiger partial charge in [-0.1, -0.05) is 43.3 Å². The van der Waals surface area contributed by atoms with Gasteiger partial charge in [-0.3, -0.25) is 4.79 Å². The average Bonchev–Trinajstić information content (AvgIpc) is 2.57. The SMILES string of the molecule is CCCN(Cc1ccccc1OC)C(=O)Cc1ccccc1F. The highest BCUT2D eigenvalue weighted by atomic mass is 19.1. The molecule has 0 spiro atoms. The molecule has 0 unspecified atom stereocenters. The summed E-state index contributed by atoms with van der Waals surface area (Å²) in [6.45, 7) is 3.11. The third-order valence-corrected chi connectivity index (χ3v) is 3.70. The van der Waals surface area contributed by atoms with Gasteiger partial charge in [0.25, 0.3) is 0 Å². The van der Waals surface area contributed by atoms with Crippen LogP contribution < -0.4 is 4.74 Å². The molecule has 0 bridgehead atoms. The quantitative estimate of drug-likeness (QED) is 0.777. The van der Waals surface area contributed by atoms with Gasteiger partial charge in [-0.15, -0.1) is 0 Å². The van der Waals surface area contributed by atoms with Gasteiger partial charge >= 0.3 is 0 Å². The number of hydrogen-bond donors (Lipinski definition) is 0. The Balaban J connectivity index is 2.14. The predicted molar refractivity (Wildman–Crippen MR) is 88.8 cm³/mol. The van der Waals surface area contributed by atoms with Crippen molar-refractivity contribution in [3.63, 3.8) is 0 Å². The maximum absolute atomic E-state index is 13.8. The number of amides is 1. The number of carbonyl (C=O) groups excluding carboxylic acids is 1. The summed E-state index contributed by atoms with van der Waals surface area (Å²) in [7, 11) is 1.62. The standard InChI is InChI=1S/C19H22FNO2/c1-3-12-21(14-16-9-5-7-11-18(16)23-2)19(22)13-15-8-4-6-10-17(15)20/h4-11H,3,12-14H2,1-2H3. The van der Waals surface area contributed by atoms with Crippen LogP contribution in [0, 0.1) is 5.82 Å². The molecule has 2 rings (SSSR count). The Labute approximate surface area is 136 Å². The second kappa shape index (κ2) is 8.32. The summed E-state index contributed by atoms with van der Waals surface area (Å²) in [5.41, 5.74) is 1.38. The molecule has 0 heterocycles. The molecular weight excluding hydrogens is 293 g/mol. The van der Waals surface area contributed by atoms with E-state index in [0.717, 1.165) is 17.7 Å². The Hall–Kier alpha value is -2.36. The molecule has 0 aliphatic rings. The molecule has 0 saturated carbocycles. The van der Waals surface area contributed by atoms with Crippen molar-refractivity contribution >= 4 is 5.91 Å². The van der Waals surface area contributed by atoms with Crippen LogP contribution in [0.25, 0.3) is 0 Å². The average molecular weight is 315 g/mol. The molecule has 0 fully saturated rings. The molecule has 0 aliphatic carbocycles. The van der Waals surface area contributed by atoms with Crippen molar-refractivity contribution in [2.45, 2.75) is 26.3 Å². The summed E-state index contributed by atoms with van der Waals surface area (Å²) in [5, 5.41) is 0. The van der Waals surface area contributed by atoms with Gasteiger partial charge in [0.1, 0.15) is 11.6 Å². The second-order valence-electron chi connectivity index (χ2n) is 5.40. The molecule has 0 N–H and O–H groups in total. The number of benzene rings is 2. The van der Waals surface area contributed by atoms with Crippen molar-refractivity contribution in [2.75, 3.05) is 13.7 Å². The van der Waals surface area contributed by atoms with E-state index in [1.54, 1.807) is 30.2 Å². The molecule has 0 atom stereocenters. The smallest absolute Gasteiger partial charge is 0.227 e. The van der Waals surface area contributed by atoms with E-state index in [4.69, 9.17) is 4.74 Å². The topological polar surface area (TPSA) is 29.5 Å². The number of rotatable bonds is 7. The van der Waals surface area contributed by atoms with E-state index in [1.165, 1.54) is 6.07 Å². The number of nitrogens with zero attached hydrogens (tertiary/aromatic N) is 1. The van der Waals surface area contributed by atoms with Gasteiger partial charge in [0, 0.05) is 18.7 Å². The molecule has 0 radical (unpaired) electrons. The number of methoxy groups -OCH3 is 1. The monoisotopic (exact) mass is 315 g/mol. The van der Waals surface area contributed by atoms with Gasteiger partial charge in [0.05, 0.1) is 13.5 Å². The highest BCUT2D eigenvalue weighted by Crippen LogP contribution is 2.20. The van der Waals surface area contributed by atoms with Gasteiger partial charge in [-0.05, 0) is 24.1 Å². The van der Waals surface area contributed by atoms with Gasteiger partial charge < -0.3 is 9.64 Å². The Morgan fingerprint density at radius 2 is 1.74 bits per heavy atom. The minimum absolute atomic E-state index is 0.0713. The molecule has 2 aromatic rings. The van der Waals surface area contributed by atoms with E-state index in [-0.39, 0.29) is 18.1 Å². The van der Waals surface area contributed by atoms with Crippen molar-refractivity contribution in [3.05, 3.63) is 65.5 Å². The molecule has 23 heavy (non-hydrogen) atoms. The second-order valence-corrected chi connectivity index (χ2v) is 5.40. The zero-order valence-corrected chi connectivity index (χ0v) is 13.6. The maximum Gasteiger partial charge on any atom is 0.227 e. The highest BCUT2D eigenvalue weighted by molar-refractivity contribution is 5.79. The molecule has 3 nitrogen and oxygen atoms in total. The first kappa shape index (κ1) is 17.0. The number of para-hydroxylation sites is 1. The van der Waals surface area contributed by atoms with Crippen LogP contribution in [0.2, 0.25) is 0 Å². The van der Waals surface area contributed by atoms with E-state index in [1.807, 2.05) is 31.2 Å². The fourth-order valence-corrected chi connectivity index (χ4v) is 2.52. The van der Waals surface area contributed by atoms with Crippen LogP contribution in [0.5, 0.6) is 5.75 Å². The maximum atomic E-state index is 13.8. The molecule has 1 amide bonds. The molecular formula is C19H22FNO2. The van der Waals surface area contributed by atoms with Crippen molar-refractivity contribution in [1.82, 2.24) is 4.90 Å². The van der Waals surface area contributed by atoms with Crippen LogP contribution in [0.4, 0.5) is 4.39 Å². The Morgan fingerprint density at radius 3 is 2.39 bits per heavy atom. The summed E-state index contributed by atoms with van der Waals surface area (Å²) >= 11 is 0. The number of ether oxygens (including phenoxy) is 1. The first-order chi connectivity index (χ1) is 11.2. The van der Waals surface area contributed by atoms with Crippen LogP contribution in [0.1, 0.15) is 24.5 Å². The summed E-state index contributed by atoms with van der Waals surface area (Å²) in [6.07, 6.45) is 0.917. The van der Waals surface area contributed by atoms with Crippen LogP contribution in [0.15, 0.2) is 48.5 Å². The number of hydrogen-bond acceptors (Lipinski definition) is 2.